The van der Waals surface area contributed by atoms with E-state index in [1.165, 1.54) is 0 Å². The number of aryl methyl sites for hydroxylation is 1. The fraction of sp³-hybridized carbons (Fsp3) is 0.556. The molecule has 1 atom stereocenters. The van der Waals surface area contributed by atoms with Crippen LogP contribution in [0.3, 0.4) is 0 Å². The Hall–Kier alpha value is -1.92. The molecule has 130 valence electrons. The Labute approximate surface area is 142 Å². The van der Waals surface area contributed by atoms with Crippen molar-refractivity contribution in [2.75, 3.05) is 32.7 Å². The van der Waals surface area contributed by atoms with E-state index in [1.54, 1.807) is 4.90 Å². The highest BCUT2D eigenvalue weighted by Gasteiger charge is 2.43. The first-order valence-electron chi connectivity index (χ1n) is 8.53. The minimum Gasteiger partial charge on any atom is -0.379 e. The number of piperazine rings is 1. The van der Waals surface area contributed by atoms with Crippen LogP contribution in [0.4, 0.5) is 0 Å². The van der Waals surface area contributed by atoms with E-state index >= 15 is 0 Å². The standard InChI is InChI=1S/C18H25N3O3/c1-14-4-2-5-15(10-14)11-21-8-3-6-18(24,17(21)23)13-20-9-7-19-16(22)12-20/h2,4-5,10,24H,3,6-9,11-13H2,1H3,(H,19,22). The zero-order chi connectivity index (χ0) is 17.2. The van der Waals surface area contributed by atoms with Crippen molar-refractivity contribution < 1.29 is 14.7 Å². The van der Waals surface area contributed by atoms with E-state index < -0.39 is 5.60 Å². The van der Waals surface area contributed by atoms with E-state index in [2.05, 4.69) is 11.4 Å². The fourth-order valence-corrected chi connectivity index (χ4v) is 3.59. The Morgan fingerprint density at radius 3 is 2.88 bits per heavy atom. The molecule has 2 aliphatic heterocycles. The van der Waals surface area contributed by atoms with Crippen molar-refractivity contribution in [1.29, 1.82) is 0 Å². The number of amides is 2. The van der Waals surface area contributed by atoms with Crippen LogP contribution in [-0.2, 0) is 16.1 Å². The van der Waals surface area contributed by atoms with E-state index in [0.717, 1.165) is 17.5 Å². The van der Waals surface area contributed by atoms with Crippen molar-refractivity contribution in [2.24, 2.45) is 0 Å². The molecule has 0 bridgehead atoms. The third kappa shape index (κ3) is 3.76. The van der Waals surface area contributed by atoms with Gasteiger partial charge in [0, 0.05) is 32.7 Å². The summed E-state index contributed by atoms with van der Waals surface area (Å²) < 4.78 is 0. The quantitative estimate of drug-likeness (QED) is 0.831. The average molecular weight is 331 g/mol. The van der Waals surface area contributed by atoms with Crippen LogP contribution in [0.1, 0.15) is 24.0 Å². The number of rotatable bonds is 4. The average Bonchev–Trinajstić information content (AvgIpc) is 2.52. The SMILES string of the molecule is Cc1cccc(CN2CCCC(O)(CN3CCNC(=O)C3)C2=O)c1. The van der Waals surface area contributed by atoms with Gasteiger partial charge in [-0.25, -0.2) is 0 Å². The minimum absolute atomic E-state index is 0.0512. The van der Waals surface area contributed by atoms with Crippen molar-refractivity contribution in [1.82, 2.24) is 15.1 Å². The van der Waals surface area contributed by atoms with Gasteiger partial charge in [-0.15, -0.1) is 0 Å². The van der Waals surface area contributed by atoms with Gasteiger partial charge in [-0.05, 0) is 25.3 Å². The normalized spacial score (nSPS) is 25.7. The van der Waals surface area contributed by atoms with Gasteiger partial charge in [-0.2, -0.15) is 0 Å². The molecule has 2 aliphatic rings. The van der Waals surface area contributed by atoms with Crippen LogP contribution in [-0.4, -0.2) is 65.0 Å². The Morgan fingerprint density at radius 1 is 1.29 bits per heavy atom. The second-order valence-corrected chi connectivity index (χ2v) is 6.91. The van der Waals surface area contributed by atoms with E-state index in [9.17, 15) is 14.7 Å². The maximum absolute atomic E-state index is 12.8. The van der Waals surface area contributed by atoms with Crippen LogP contribution in [0.25, 0.3) is 0 Å². The molecule has 2 amide bonds. The number of piperidine rings is 1. The maximum atomic E-state index is 12.8. The van der Waals surface area contributed by atoms with Gasteiger partial charge in [-0.1, -0.05) is 29.8 Å². The monoisotopic (exact) mass is 331 g/mol. The molecular weight excluding hydrogens is 306 g/mol. The van der Waals surface area contributed by atoms with Gasteiger partial charge in [0.25, 0.3) is 5.91 Å². The lowest BCUT2D eigenvalue weighted by atomic mass is 9.90. The number of likely N-dealkylation sites (tertiary alicyclic amines) is 1. The smallest absolute Gasteiger partial charge is 0.256 e. The third-order valence-corrected chi connectivity index (χ3v) is 4.76. The number of carbonyl (C=O) groups is 2. The summed E-state index contributed by atoms with van der Waals surface area (Å²) in [7, 11) is 0. The molecule has 6 heteroatoms. The Balaban J connectivity index is 1.68. The number of nitrogens with zero attached hydrogens (tertiary/aromatic N) is 2. The van der Waals surface area contributed by atoms with E-state index in [0.29, 0.717) is 32.6 Å². The van der Waals surface area contributed by atoms with Gasteiger partial charge in [0.2, 0.25) is 5.91 Å². The van der Waals surface area contributed by atoms with Crippen LogP contribution in [0.15, 0.2) is 24.3 Å². The van der Waals surface area contributed by atoms with Gasteiger partial charge < -0.3 is 15.3 Å². The molecule has 2 fully saturated rings. The largest absolute Gasteiger partial charge is 0.379 e. The van der Waals surface area contributed by atoms with Crippen molar-refractivity contribution in [3.05, 3.63) is 35.4 Å². The summed E-state index contributed by atoms with van der Waals surface area (Å²) in [6, 6.07) is 8.08. The minimum atomic E-state index is -1.39. The Bertz CT molecular complexity index is 634. The predicted octanol–water partition coefficient (Wildman–Crippen LogP) is 0.280. The number of β-amino-alcohol motifs (C(OH)–C–C–N with tert-alkyl or cyclic N) is 1. The molecule has 0 aromatic heterocycles. The van der Waals surface area contributed by atoms with Gasteiger partial charge >= 0.3 is 0 Å². The van der Waals surface area contributed by atoms with Crippen LogP contribution in [0, 0.1) is 6.92 Å². The van der Waals surface area contributed by atoms with Crippen molar-refractivity contribution >= 4 is 11.8 Å². The zero-order valence-electron chi connectivity index (χ0n) is 14.1. The molecule has 2 N–H and O–H groups in total. The summed E-state index contributed by atoms with van der Waals surface area (Å²) in [6.07, 6.45) is 1.22. The number of aliphatic hydroxyl groups is 1. The molecule has 0 radical (unpaired) electrons. The van der Waals surface area contributed by atoms with Crippen LogP contribution < -0.4 is 5.32 Å². The summed E-state index contributed by atoms with van der Waals surface area (Å²) in [5.41, 5.74) is 0.844. The lowest BCUT2D eigenvalue weighted by molar-refractivity contribution is -0.161. The molecule has 1 unspecified atom stereocenters. The molecule has 2 heterocycles. The zero-order valence-corrected chi connectivity index (χ0v) is 14.1. The van der Waals surface area contributed by atoms with Gasteiger partial charge in [0.1, 0.15) is 0 Å². The Kier molecular flexibility index (Phi) is 4.87. The molecule has 24 heavy (non-hydrogen) atoms. The number of benzene rings is 1. The highest BCUT2D eigenvalue weighted by molar-refractivity contribution is 5.86. The highest BCUT2D eigenvalue weighted by Crippen LogP contribution is 2.25. The van der Waals surface area contributed by atoms with E-state index in [-0.39, 0.29) is 24.9 Å². The number of hydrogen-bond acceptors (Lipinski definition) is 4. The number of hydrogen-bond donors (Lipinski definition) is 2. The summed E-state index contributed by atoms with van der Waals surface area (Å²) in [6.45, 7) is 4.91. The summed E-state index contributed by atoms with van der Waals surface area (Å²) in [4.78, 5) is 28.0. The second kappa shape index (κ2) is 6.91. The molecular formula is C18H25N3O3. The first kappa shape index (κ1) is 16.9. The lowest BCUT2D eigenvalue weighted by Crippen LogP contribution is -2.60. The van der Waals surface area contributed by atoms with E-state index in [4.69, 9.17) is 0 Å². The third-order valence-electron chi connectivity index (χ3n) is 4.76. The second-order valence-electron chi connectivity index (χ2n) is 6.91. The predicted molar refractivity (Wildman–Crippen MR) is 90.2 cm³/mol. The first-order valence-corrected chi connectivity index (χ1v) is 8.53. The first-order chi connectivity index (χ1) is 11.5. The maximum Gasteiger partial charge on any atom is 0.256 e. The molecule has 6 nitrogen and oxygen atoms in total. The van der Waals surface area contributed by atoms with Crippen molar-refractivity contribution in [2.45, 2.75) is 31.9 Å². The van der Waals surface area contributed by atoms with Crippen LogP contribution in [0.5, 0.6) is 0 Å². The topological polar surface area (TPSA) is 72.9 Å². The molecule has 0 saturated carbocycles. The molecule has 1 aromatic rings. The van der Waals surface area contributed by atoms with Gasteiger partial charge in [0.15, 0.2) is 5.60 Å². The Morgan fingerprint density at radius 2 is 2.12 bits per heavy atom. The molecule has 3 rings (SSSR count). The fourth-order valence-electron chi connectivity index (χ4n) is 3.59. The van der Waals surface area contributed by atoms with E-state index in [1.807, 2.05) is 30.0 Å². The van der Waals surface area contributed by atoms with Crippen LogP contribution >= 0.6 is 0 Å². The summed E-state index contributed by atoms with van der Waals surface area (Å²) >= 11 is 0. The van der Waals surface area contributed by atoms with Gasteiger partial charge in [-0.3, -0.25) is 14.5 Å². The lowest BCUT2D eigenvalue weighted by Gasteiger charge is -2.41. The van der Waals surface area contributed by atoms with Gasteiger partial charge in [0.05, 0.1) is 6.54 Å². The van der Waals surface area contributed by atoms with Crippen molar-refractivity contribution in [3.8, 4) is 0 Å². The number of carbonyl (C=O) groups excluding carboxylic acids is 2. The molecule has 0 spiro atoms. The molecule has 1 aromatic carbocycles. The summed E-state index contributed by atoms with van der Waals surface area (Å²) in [5, 5.41) is 13.7. The number of nitrogens with one attached hydrogen (secondary N) is 1. The molecule has 2 saturated heterocycles. The molecule has 0 aliphatic carbocycles. The highest BCUT2D eigenvalue weighted by atomic mass is 16.3. The van der Waals surface area contributed by atoms with Crippen LogP contribution in [0.2, 0.25) is 0 Å². The van der Waals surface area contributed by atoms with Crippen molar-refractivity contribution in [3.63, 3.8) is 0 Å². The summed E-state index contributed by atoms with van der Waals surface area (Å²) in [5.74, 6) is -0.272.